The smallest absolute Gasteiger partial charge is 0.148 e. The summed E-state index contributed by atoms with van der Waals surface area (Å²) in [7, 11) is 1.76. The molecule has 2 aromatic rings. The lowest BCUT2D eigenvalue weighted by Gasteiger charge is -1.87. The molecule has 1 aliphatic heterocycles. The van der Waals surface area contributed by atoms with Crippen molar-refractivity contribution in [3.05, 3.63) is 35.0 Å². The van der Waals surface area contributed by atoms with Crippen LogP contribution >= 0.6 is 0 Å². The van der Waals surface area contributed by atoms with Crippen LogP contribution < -0.4 is 10.6 Å². The van der Waals surface area contributed by atoms with E-state index in [2.05, 4.69) is 27.1 Å². The quantitative estimate of drug-likeness (QED) is 0.621. The van der Waals surface area contributed by atoms with Crippen LogP contribution in [0.2, 0.25) is 0 Å². The summed E-state index contributed by atoms with van der Waals surface area (Å²) in [5.41, 5.74) is 1.12. The van der Waals surface area contributed by atoms with Gasteiger partial charge in [0.25, 0.3) is 0 Å². The normalized spacial score (nSPS) is 16.8. The van der Waals surface area contributed by atoms with Crippen molar-refractivity contribution < 1.29 is 0 Å². The van der Waals surface area contributed by atoms with E-state index < -0.39 is 0 Å². The second-order valence-corrected chi connectivity index (χ2v) is 3.28. The highest BCUT2D eigenvalue weighted by Gasteiger charge is 2.04. The van der Waals surface area contributed by atoms with Crippen LogP contribution in [0.1, 0.15) is 0 Å². The number of H-pyrrole nitrogens is 1. The van der Waals surface area contributed by atoms with Gasteiger partial charge in [-0.3, -0.25) is 4.99 Å². The Morgan fingerprint density at radius 1 is 1.29 bits per heavy atom. The monoisotopic (exact) mass is 183 g/mol. The maximum atomic E-state index is 4.44. The van der Waals surface area contributed by atoms with E-state index in [1.165, 1.54) is 0 Å². The number of fused-ring (bicyclic) bond motifs is 3. The van der Waals surface area contributed by atoms with Crippen molar-refractivity contribution in [3.63, 3.8) is 0 Å². The van der Waals surface area contributed by atoms with Crippen LogP contribution in [0.15, 0.2) is 34.4 Å². The molecule has 68 valence electrons. The van der Waals surface area contributed by atoms with Crippen molar-refractivity contribution in [1.82, 2.24) is 4.98 Å². The van der Waals surface area contributed by atoms with Gasteiger partial charge in [0.15, 0.2) is 0 Å². The van der Waals surface area contributed by atoms with Crippen molar-refractivity contribution in [2.45, 2.75) is 0 Å². The first-order valence-electron chi connectivity index (χ1n) is 4.52. The maximum absolute atomic E-state index is 4.44. The van der Waals surface area contributed by atoms with Gasteiger partial charge >= 0.3 is 0 Å². The van der Waals surface area contributed by atoms with Crippen LogP contribution in [0.25, 0.3) is 17.0 Å². The number of hydrogen-bond donors (Lipinski definition) is 1. The predicted octanol–water partition coefficient (Wildman–Crippen LogP) is 0.610. The predicted molar refractivity (Wildman–Crippen MR) is 56.9 cm³/mol. The molecular weight excluding hydrogens is 174 g/mol. The summed E-state index contributed by atoms with van der Waals surface area (Å²) in [5.74, 6) is 0.800. The Bertz CT molecular complexity index is 647. The van der Waals surface area contributed by atoms with Crippen LogP contribution in [0.3, 0.4) is 0 Å². The highest BCUT2D eigenvalue weighted by molar-refractivity contribution is 6.11. The zero-order chi connectivity index (χ0) is 9.54. The van der Waals surface area contributed by atoms with Crippen molar-refractivity contribution in [3.8, 4) is 0 Å². The van der Waals surface area contributed by atoms with E-state index >= 15 is 0 Å². The Balaban J connectivity index is 2.57. The molecule has 0 saturated heterocycles. The Morgan fingerprint density at radius 3 is 3.07 bits per heavy atom. The molecule has 3 nitrogen and oxygen atoms in total. The summed E-state index contributed by atoms with van der Waals surface area (Å²) in [6.07, 6.45) is 3.93. The zero-order valence-corrected chi connectivity index (χ0v) is 7.78. The van der Waals surface area contributed by atoms with E-state index in [1.54, 1.807) is 7.05 Å². The number of benzene rings is 1. The average Bonchev–Trinajstić information content (AvgIpc) is 2.82. The van der Waals surface area contributed by atoms with Gasteiger partial charge in [-0.05, 0) is 18.2 Å². The number of aliphatic imine (C=N–C) groups is 1. The minimum absolute atomic E-state index is 0.800. The summed E-state index contributed by atoms with van der Waals surface area (Å²) in [6, 6.07) is 6.18. The Hall–Kier alpha value is -1.90. The SMILES string of the molecule is CN=C1C=c2ccc3[nH]ccc3c2=N1. The zero-order valence-electron chi connectivity index (χ0n) is 7.78. The fourth-order valence-corrected chi connectivity index (χ4v) is 1.78. The molecule has 0 fully saturated rings. The minimum atomic E-state index is 0.800. The average molecular weight is 183 g/mol. The van der Waals surface area contributed by atoms with E-state index in [0.29, 0.717) is 0 Å². The molecule has 1 N–H and O–H groups in total. The second kappa shape index (κ2) is 2.54. The van der Waals surface area contributed by atoms with Gasteiger partial charge in [-0.1, -0.05) is 6.07 Å². The van der Waals surface area contributed by atoms with Crippen molar-refractivity contribution in [1.29, 1.82) is 0 Å². The Kier molecular flexibility index (Phi) is 1.36. The molecule has 0 saturated carbocycles. The molecule has 0 spiro atoms. The molecule has 0 amide bonds. The van der Waals surface area contributed by atoms with E-state index in [9.17, 15) is 0 Å². The van der Waals surface area contributed by atoms with Crippen LogP contribution in [0, 0.1) is 0 Å². The molecule has 0 aliphatic carbocycles. The molecule has 1 aromatic carbocycles. The molecule has 0 atom stereocenters. The number of aromatic amines is 1. The van der Waals surface area contributed by atoms with Gasteiger partial charge in [0, 0.05) is 29.4 Å². The first-order valence-corrected chi connectivity index (χ1v) is 4.52. The van der Waals surface area contributed by atoms with E-state index in [-0.39, 0.29) is 0 Å². The van der Waals surface area contributed by atoms with E-state index in [4.69, 9.17) is 0 Å². The summed E-state index contributed by atoms with van der Waals surface area (Å²) in [4.78, 5) is 11.7. The van der Waals surface area contributed by atoms with Crippen LogP contribution in [0.4, 0.5) is 0 Å². The summed E-state index contributed by atoms with van der Waals surface area (Å²) in [5, 5.41) is 3.35. The van der Waals surface area contributed by atoms with Crippen molar-refractivity contribution >= 4 is 22.8 Å². The van der Waals surface area contributed by atoms with Crippen molar-refractivity contribution in [2.75, 3.05) is 7.05 Å². The number of aromatic nitrogens is 1. The number of nitrogens with zero attached hydrogens (tertiary/aromatic N) is 2. The highest BCUT2D eigenvalue weighted by Crippen LogP contribution is 2.05. The maximum Gasteiger partial charge on any atom is 0.148 e. The van der Waals surface area contributed by atoms with Gasteiger partial charge in [0.1, 0.15) is 5.84 Å². The number of amidine groups is 1. The fraction of sp³-hybridized carbons (Fsp3) is 0.0909. The molecular formula is C11H9N3. The minimum Gasteiger partial charge on any atom is -0.361 e. The topological polar surface area (TPSA) is 40.5 Å². The standard InChI is InChI=1S/C11H9N3/c1-12-10-6-7-2-3-9-8(4-5-13-9)11(7)14-10/h2-6,13H,1H3. The lowest BCUT2D eigenvalue weighted by molar-refractivity contribution is 1.38. The molecule has 1 aliphatic rings. The van der Waals surface area contributed by atoms with Gasteiger partial charge in [0.2, 0.25) is 0 Å². The molecule has 1 aromatic heterocycles. The van der Waals surface area contributed by atoms with E-state index in [1.807, 2.05) is 18.3 Å². The summed E-state index contributed by atoms with van der Waals surface area (Å²) >= 11 is 0. The van der Waals surface area contributed by atoms with Crippen LogP contribution in [0.5, 0.6) is 0 Å². The number of nitrogens with one attached hydrogen (secondary N) is 1. The highest BCUT2D eigenvalue weighted by atomic mass is 14.9. The first-order chi connectivity index (χ1) is 6.88. The van der Waals surface area contributed by atoms with Crippen LogP contribution in [-0.4, -0.2) is 17.9 Å². The molecule has 3 heteroatoms. The van der Waals surface area contributed by atoms with Gasteiger partial charge in [-0.15, -0.1) is 0 Å². The lowest BCUT2D eigenvalue weighted by atomic mass is 10.2. The molecule has 3 rings (SSSR count). The number of hydrogen-bond acceptors (Lipinski definition) is 1. The van der Waals surface area contributed by atoms with Gasteiger partial charge in [0.05, 0.1) is 5.36 Å². The molecule has 0 bridgehead atoms. The molecule has 14 heavy (non-hydrogen) atoms. The third-order valence-corrected chi connectivity index (χ3v) is 2.48. The van der Waals surface area contributed by atoms with Crippen molar-refractivity contribution in [2.24, 2.45) is 9.98 Å². The second-order valence-electron chi connectivity index (χ2n) is 3.28. The Morgan fingerprint density at radius 2 is 2.21 bits per heavy atom. The summed E-state index contributed by atoms with van der Waals surface area (Å²) in [6.45, 7) is 0. The fourth-order valence-electron chi connectivity index (χ4n) is 1.78. The third kappa shape index (κ3) is 0.865. The van der Waals surface area contributed by atoms with Gasteiger partial charge < -0.3 is 4.98 Å². The molecule has 2 heterocycles. The van der Waals surface area contributed by atoms with Crippen LogP contribution in [-0.2, 0) is 0 Å². The van der Waals surface area contributed by atoms with Gasteiger partial charge in [-0.25, -0.2) is 4.99 Å². The number of rotatable bonds is 0. The summed E-state index contributed by atoms with van der Waals surface area (Å²) < 4.78 is 0. The lowest BCUT2D eigenvalue weighted by Crippen LogP contribution is -2.21. The molecule has 0 unspecified atom stereocenters. The Labute approximate surface area is 80.5 Å². The largest absolute Gasteiger partial charge is 0.361 e. The molecule has 0 radical (unpaired) electrons. The van der Waals surface area contributed by atoms with Gasteiger partial charge in [-0.2, -0.15) is 0 Å². The first kappa shape index (κ1) is 7.50. The third-order valence-electron chi connectivity index (χ3n) is 2.48. The van der Waals surface area contributed by atoms with E-state index in [0.717, 1.165) is 27.3 Å².